The first kappa shape index (κ1) is 12.2. The molecular weight excluding hydrogens is 224 g/mol. The second-order valence-corrected chi connectivity index (χ2v) is 4.33. The molecule has 0 fully saturated rings. The predicted molar refractivity (Wildman–Crippen MR) is 61.3 cm³/mol. The Hall–Kier alpha value is -1.26. The number of rotatable bonds is 4. The van der Waals surface area contributed by atoms with Crippen molar-refractivity contribution in [3.05, 3.63) is 47.5 Å². The SMILES string of the molecule is OC[C@H]1C=C[C@@H](NCc2cc(F)cc(F)c2)C1. The minimum Gasteiger partial charge on any atom is -0.396 e. The Labute approximate surface area is 99.0 Å². The van der Waals surface area contributed by atoms with Crippen LogP contribution in [0, 0.1) is 17.6 Å². The first-order valence-corrected chi connectivity index (χ1v) is 5.65. The summed E-state index contributed by atoms with van der Waals surface area (Å²) >= 11 is 0. The van der Waals surface area contributed by atoms with Gasteiger partial charge in [-0.25, -0.2) is 8.78 Å². The van der Waals surface area contributed by atoms with E-state index in [1.54, 1.807) is 0 Å². The number of halogens is 2. The Morgan fingerprint density at radius 2 is 1.88 bits per heavy atom. The van der Waals surface area contributed by atoms with E-state index in [0.717, 1.165) is 12.5 Å². The molecule has 0 bridgehead atoms. The van der Waals surface area contributed by atoms with Gasteiger partial charge in [-0.2, -0.15) is 0 Å². The summed E-state index contributed by atoms with van der Waals surface area (Å²) in [7, 11) is 0. The van der Waals surface area contributed by atoms with Crippen LogP contribution in [0.25, 0.3) is 0 Å². The number of hydrogen-bond donors (Lipinski definition) is 2. The van der Waals surface area contributed by atoms with E-state index in [1.807, 2.05) is 12.2 Å². The molecule has 17 heavy (non-hydrogen) atoms. The predicted octanol–water partition coefficient (Wildman–Crippen LogP) is 1.99. The van der Waals surface area contributed by atoms with Crippen molar-refractivity contribution >= 4 is 0 Å². The lowest BCUT2D eigenvalue weighted by molar-refractivity contribution is 0.246. The molecule has 4 heteroatoms. The summed E-state index contributed by atoms with van der Waals surface area (Å²) in [4.78, 5) is 0. The highest BCUT2D eigenvalue weighted by atomic mass is 19.1. The van der Waals surface area contributed by atoms with Crippen LogP contribution in [0.4, 0.5) is 8.78 Å². The van der Waals surface area contributed by atoms with Crippen LogP contribution >= 0.6 is 0 Å². The van der Waals surface area contributed by atoms with E-state index in [2.05, 4.69) is 5.32 Å². The van der Waals surface area contributed by atoms with E-state index in [0.29, 0.717) is 12.1 Å². The highest BCUT2D eigenvalue weighted by molar-refractivity contribution is 5.18. The molecule has 1 aliphatic carbocycles. The number of nitrogens with one attached hydrogen (secondary N) is 1. The van der Waals surface area contributed by atoms with Crippen LogP contribution < -0.4 is 5.32 Å². The zero-order valence-electron chi connectivity index (χ0n) is 9.37. The van der Waals surface area contributed by atoms with E-state index in [-0.39, 0.29) is 18.6 Å². The molecule has 1 aromatic carbocycles. The molecule has 0 radical (unpaired) electrons. The maximum atomic E-state index is 12.9. The monoisotopic (exact) mass is 239 g/mol. The second kappa shape index (κ2) is 5.38. The smallest absolute Gasteiger partial charge is 0.126 e. The van der Waals surface area contributed by atoms with E-state index in [1.165, 1.54) is 12.1 Å². The number of aliphatic hydroxyl groups excluding tert-OH is 1. The van der Waals surface area contributed by atoms with Gasteiger partial charge in [0.2, 0.25) is 0 Å². The van der Waals surface area contributed by atoms with Crippen LogP contribution in [-0.2, 0) is 6.54 Å². The Morgan fingerprint density at radius 1 is 1.18 bits per heavy atom. The largest absolute Gasteiger partial charge is 0.396 e. The normalized spacial score (nSPS) is 23.2. The van der Waals surface area contributed by atoms with E-state index >= 15 is 0 Å². The van der Waals surface area contributed by atoms with Gasteiger partial charge in [-0.3, -0.25) is 0 Å². The molecule has 92 valence electrons. The highest BCUT2D eigenvalue weighted by Gasteiger charge is 2.17. The van der Waals surface area contributed by atoms with Crippen molar-refractivity contribution in [3.63, 3.8) is 0 Å². The lowest BCUT2D eigenvalue weighted by Gasteiger charge is -2.12. The minimum absolute atomic E-state index is 0.142. The van der Waals surface area contributed by atoms with Crippen molar-refractivity contribution in [1.82, 2.24) is 5.32 Å². The van der Waals surface area contributed by atoms with Crippen LogP contribution in [0.5, 0.6) is 0 Å². The maximum Gasteiger partial charge on any atom is 0.126 e. The van der Waals surface area contributed by atoms with Crippen molar-refractivity contribution in [3.8, 4) is 0 Å². The van der Waals surface area contributed by atoms with Gasteiger partial charge in [0.05, 0.1) is 0 Å². The summed E-state index contributed by atoms with van der Waals surface area (Å²) < 4.78 is 25.9. The zero-order chi connectivity index (χ0) is 12.3. The highest BCUT2D eigenvalue weighted by Crippen LogP contribution is 2.17. The Morgan fingerprint density at radius 3 is 2.47 bits per heavy atom. The third-order valence-electron chi connectivity index (χ3n) is 2.90. The summed E-state index contributed by atoms with van der Waals surface area (Å²) in [5.41, 5.74) is 0.586. The lowest BCUT2D eigenvalue weighted by atomic mass is 10.1. The maximum absolute atomic E-state index is 12.9. The third-order valence-corrected chi connectivity index (χ3v) is 2.90. The van der Waals surface area contributed by atoms with Gasteiger partial charge in [0.1, 0.15) is 11.6 Å². The molecule has 2 N–H and O–H groups in total. The van der Waals surface area contributed by atoms with Crippen molar-refractivity contribution in [2.24, 2.45) is 5.92 Å². The number of hydrogen-bond acceptors (Lipinski definition) is 2. The molecule has 1 aromatic rings. The Kier molecular flexibility index (Phi) is 3.86. The molecule has 2 atom stereocenters. The van der Waals surface area contributed by atoms with E-state index in [9.17, 15) is 8.78 Å². The van der Waals surface area contributed by atoms with Crippen LogP contribution in [0.2, 0.25) is 0 Å². The third kappa shape index (κ3) is 3.35. The van der Waals surface area contributed by atoms with Gasteiger partial charge >= 0.3 is 0 Å². The molecule has 2 rings (SSSR count). The van der Waals surface area contributed by atoms with Gasteiger partial charge < -0.3 is 10.4 Å². The topological polar surface area (TPSA) is 32.3 Å². The summed E-state index contributed by atoms with van der Waals surface area (Å²) in [6.45, 7) is 0.561. The molecular formula is C13H15F2NO. The molecule has 0 unspecified atom stereocenters. The second-order valence-electron chi connectivity index (χ2n) is 4.33. The van der Waals surface area contributed by atoms with Crippen LogP contribution in [0.3, 0.4) is 0 Å². The molecule has 0 heterocycles. The van der Waals surface area contributed by atoms with Crippen LogP contribution in [0.15, 0.2) is 30.4 Å². The fourth-order valence-corrected chi connectivity index (χ4v) is 2.02. The summed E-state index contributed by atoms with van der Waals surface area (Å²) in [6, 6.07) is 3.66. The van der Waals surface area contributed by atoms with Gasteiger partial charge in [-0.1, -0.05) is 12.2 Å². The first-order valence-electron chi connectivity index (χ1n) is 5.65. The van der Waals surface area contributed by atoms with E-state index < -0.39 is 11.6 Å². The minimum atomic E-state index is -0.558. The average molecular weight is 239 g/mol. The average Bonchev–Trinajstić information content (AvgIpc) is 2.73. The molecule has 1 aliphatic rings. The lowest BCUT2D eigenvalue weighted by Crippen LogP contribution is -2.26. The molecule has 0 aliphatic heterocycles. The van der Waals surface area contributed by atoms with Gasteiger partial charge in [0.15, 0.2) is 0 Å². The van der Waals surface area contributed by atoms with Crippen molar-refractivity contribution in [2.75, 3.05) is 6.61 Å². The fraction of sp³-hybridized carbons (Fsp3) is 0.385. The molecule has 0 saturated carbocycles. The first-order chi connectivity index (χ1) is 8.17. The van der Waals surface area contributed by atoms with Crippen LogP contribution in [0.1, 0.15) is 12.0 Å². The van der Waals surface area contributed by atoms with Crippen molar-refractivity contribution in [1.29, 1.82) is 0 Å². The van der Waals surface area contributed by atoms with Crippen LogP contribution in [-0.4, -0.2) is 17.8 Å². The molecule has 2 nitrogen and oxygen atoms in total. The van der Waals surface area contributed by atoms with Gasteiger partial charge in [-0.15, -0.1) is 0 Å². The van der Waals surface area contributed by atoms with Crippen molar-refractivity contribution in [2.45, 2.75) is 19.0 Å². The fourth-order valence-electron chi connectivity index (χ4n) is 2.02. The van der Waals surface area contributed by atoms with E-state index in [4.69, 9.17) is 5.11 Å². The Bertz CT molecular complexity index is 400. The summed E-state index contributed by atoms with van der Waals surface area (Å²) in [5, 5.41) is 12.1. The van der Waals surface area contributed by atoms with Gasteiger partial charge in [0, 0.05) is 31.2 Å². The number of aliphatic hydroxyl groups is 1. The summed E-state index contributed by atoms with van der Waals surface area (Å²) in [5.74, 6) is -0.925. The summed E-state index contributed by atoms with van der Waals surface area (Å²) in [6.07, 6.45) is 4.77. The standard InChI is InChI=1S/C13H15F2NO/c14-11-3-10(4-12(15)6-11)7-16-13-2-1-9(5-13)8-17/h1-4,6,9,13,16-17H,5,7-8H2/t9-,13+/m0/s1. The molecule has 0 amide bonds. The van der Waals surface area contributed by atoms with Gasteiger partial charge in [-0.05, 0) is 24.1 Å². The molecule has 0 spiro atoms. The molecule has 0 aromatic heterocycles. The zero-order valence-corrected chi connectivity index (χ0v) is 9.37. The quantitative estimate of drug-likeness (QED) is 0.788. The number of benzene rings is 1. The van der Waals surface area contributed by atoms with Crippen molar-refractivity contribution < 1.29 is 13.9 Å². The molecule has 0 saturated heterocycles. The van der Waals surface area contributed by atoms with Gasteiger partial charge in [0.25, 0.3) is 0 Å². The Balaban J connectivity index is 1.88.